The van der Waals surface area contributed by atoms with Gasteiger partial charge in [0.15, 0.2) is 0 Å². The summed E-state index contributed by atoms with van der Waals surface area (Å²) >= 11 is 8.50. The lowest BCUT2D eigenvalue weighted by Crippen LogP contribution is -1.99. The molecule has 1 aromatic carbocycles. The predicted octanol–water partition coefficient (Wildman–Crippen LogP) is 3.70. The van der Waals surface area contributed by atoms with Crippen LogP contribution in [-0.2, 0) is 0 Å². The van der Waals surface area contributed by atoms with Crippen LogP contribution in [0.2, 0.25) is 5.02 Å². The minimum absolute atomic E-state index is 0.0790. The van der Waals surface area contributed by atoms with Gasteiger partial charge < -0.3 is 0 Å². The van der Waals surface area contributed by atoms with Crippen molar-refractivity contribution in [2.75, 3.05) is 12.5 Å². The third-order valence-electron chi connectivity index (χ3n) is 1.70. The molecule has 0 atom stereocenters. The van der Waals surface area contributed by atoms with E-state index in [2.05, 4.69) is 4.99 Å². The predicted molar refractivity (Wildman–Crippen MR) is 70.2 cm³/mol. The Balaban J connectivity index is 3.01. The van der Waals surface area contributed by atoms with Crippen molar-refractivity contribution < 1.29 is 9.18 Å². The minimum Gasteiger partial charge on any atom is -0.267 e. The maximum absolute atomic E-state index is 12.8. The van der Waals surface area contributed by atoms with Gasteiger partial charge in [-0.25, -0.2) is 4.39 Å². The number of thioether (sulfide) groups is 2. The molecule has 0 saturated carbocycles. The molecule has 0 aliphatic heterocycles. The van der Waals surface area contributed by atoms with Gasteiger partial charge in [-0.2, -0.15) is 4.99 Å². The number of halogens is 2. The largest absolute Gasteiger partial charge is 0.280 e. The van der Waals surface area contributed by atoms with E-state index in [0.29, 0.717) is 4.38 Å². The van der Waals surface area contributed by atoms with Crippen LogP contribution in [0.1, 0.15) is 10.4 Å². The number of aliphatic imine (C=N–C) groups is 1. The summed E-state index contributed by atoms with van der Waals surface area (Å²) in [4.78, 5) is 15.6. The summed E-state index contributed by atoms with van der Waals surface area (Å²) in [6, 6.07) is 3.62. The second-order valence-electron chi connectivity index (χ2n) is 2.72. The van der Waals surface area contributed by atoms with Gasteiger partial charge in [0, 0.05) is 0 Å². The van der Waals surface area contributed by atoms with Crippen molar-refractivity contribution in [1.82, 2.24) is 0 Å². The van der Waals surface area contributed by atoms with Crippen LogP contribution in [0.15, 0.2) is 23.2 Å². The molecule has 0 aliphatic rings. The van der Waals surface area contributed by atoms with Gasteiger partial charge in [-0.15, -0.1) is 23.5 Å². The number of carbonyl (C=O) groups is 1. The fourth-order valence-corrected chi connectivity index (χ4v) is 2.24. The number of rotatable bonds is 1. The first kappa shape index (κ1) is 13.5. The summed E-state index contributed by atoms with van der Waals surface area (Å²) in [6.07, 6.45) is 3.66. The van der Waals surface area contributed by atoms with Crippen LogP contribution in [0.25, 0.3) is 0 Å². The zero-order valence-corrected chi connectivity index (χ0v) is 11.0. The molecule has 0 radical (unpaired) electrons. The normalized spacial score (nSPS) is 10.0. The second kappa shape index (κ2) is 6.27. The molecule has 1 amide bonds. The van der Waals surface area contributed by atoms with E-state index in [0.717, 1.165) is 6.07 Å². The number of hydrogen-bond acceptors (Lipinski definition) is 3. The highest BCUT2D eigenvalue weighted by atomic mass is 35.5. The van der Waals surface area contributed by atoms with Crippen molar-refractivity contribution in [2.24, 2.45) is 4.99 Å². The smallest absolute Gasteiger partial charge is 0.267 e. The van der Waals surface area contributed by atoms with E-state index >= 15 is 0 Å². The molecule has 0 aliphatic carbocycles. The average Bonchev–Trinajstić information content (AvgIpc) is 2.25. The Hall–Kier alpha value is -0.520. The van der Waals surface area contributed by atoms with Crippen LogP contribution in [0, 0.1) is 5.82 Å². The highest BCUT2D eigenvalue weighted by molar-refractivity contribution is 8.38. The maximum Gasteiger partial charge on any atom is 0.280 e. The van der Waals surface area contributed by atoms with Gasteiger partial charge in [0.2, 0.25) is 0 Å². The summed E-state index contributed by atoms with van der Waals surface area (Å²) < 4.78 is 13.4. The first-order valence-corrected chi connectivity index (χ1v) is 7.07. The zero-order valence-electron chi connectivity index (χ0n) is 8.66. The standard InChI is InChI=1S/C10H9ClFNOS2/c1-15-10(16-2)13-9(14)7-4-3-6(12)5-8(7)11/h3-5H,1-2H3. The van der Waals surface area contributed by atoms with E-state index in [-0.39, 0.29) is 10.6 Å². The number of carbonyl (C=O) groups excluding carboxylic acids is 1. The monoisotopic (exact) mass is 277 g/mol. The number of nitrogens with zero attached hydrogens (tertiary/aromatic N) is 1. The van der Waals surface area contributed by atoms with E-state index in [1.54, 1.807) is 0 Å². The summed E-state index contributed by atoms with van der Waals surface area (Å²) in [5.74, 6) is -0.927. The molecule has 1 aromatic rings. The third-order valence-corrected chi connectivity index (χ3v) is 3.90. The molecule has 0 spiro atoms. The topological polar surface area (TPSA) is 29.4 Å². The summed E-state index contributed by atoms with van der Waals surface area (Å²) in [5, 5.41) is 0.0790. The van der Waals surface area contributed by atoms with Crippen LogP contribution in [0.5, 0.6) is 0 Å². The first-order chi connectivity index (χ1) is 7.58. The Bertz CT molecular complexity index is 431. The van der Waals surface area contributed by atoms with Crippen molar-refractivity contribution in [2.45, 2.75) is 0 Å². The highest BCUT2D eigenvalue weighted by Crippen LogP contribution is 2.20. The molecule has 0 aromatic heterocycles. The van der Waals surface area contributed by atoms with Crippen molar-refractivity contribution in [1.29, 1.82) is 0 Å². The fraction of sp³-hybridized carbons (Fsp3) is 0.200. The lowest BCUT2D eigenvalue weighted by atomic mass is 10.2. The van der Waals surface area contributed by atoms with Crippen LogP contribution in [0.3, 0.4) is 0 Å². The number of amides is 1. The van der Waals surface area contributed by atoms with Gasteiger partial charge in [-0.1, -0.05) is 11.6 Å². The number of hydrogen-bond donors (Lipinski definition) is 0. The molecule has 1 rings (SSSR count). The van der Waals surface area contributed by atoms with Crippen LogP contribution in [0.4, 0.5) is 4.39 Å². The van der Waals surface area contributed by atoms with E-state index < -0.39 is 11.7 Å². The summed E-state index contributed by atoms with van der Waals surface area (Å²) in [6.45, 7) is 0. The van der Waals surface area contributed by atoms with Gasteiger partial charge in [0.1, 0.15) is 10.2 Å². The zero-order chi connectivity index (χ0) is 12.1. The molecule has 0 saturated heterocycles. The van der Waals surface area contributed by atoms with Crippen molar-refractivity contribution in [3.8, 4) is 0 Å². The quantitative estimate of drug-likeness (QED) is 0.579. The first-order valence-electron chi connectivity index (χ1n) is 4.24. The van der Waals surface area contributed by atoms with Gasteiger partial charge in [0.05, 0.1) is 10.6 Å². The van der Waals surface area contributed by atoms with Crippen LogP contribution in [-0.4, -0.2) is 22.8 Å². The minimum atomic E-state index is -0.472. The molecule has 16 heavy (non-hydrogen) atoms. The lowest BCUT2D eigenvalue weighted by Gasteiger charge is -2.01. The van der Waals surface area contributed by atoms with Gasteiger partial charge in [0.25, 0.3) is 5.91 Å². The molecule has 2 nitrogen and oxygen atoms in total. The molecular formula is C10H9ClFNOS2. The van der Waals surface area contributed by atoms with Crippen LogP contribution < -0.4 is 0 Å². The molecule has 86 valence electrons. The lowest BCUT2D eigenvalue weighted by molar-refractivity contribution is 0.100. The van der Waals surface area contributed by atoms with Gasteiger partial charge in [-0.05, 0) is 30.7 Å². The molecule has 0 fully saturated rings. The summed E-state index contributed by atoms with van der Waals surface area (Å²) in [5.41, 5.74) is 0.212. The SMILES string of the molecule is CSC(=NC(=O)c1ccc(F)cc1Cl)SC. The van der Waals surface area contributed by atoms with Crippen molar-refractivity contribution >= 4 is 45.4 Å². The Morgan fingerprint density at radius 2 is 2.00 bits per heavy atom. The van der Waals surface area contributed by atoms with E-state index in [1.165, 1.54) is 35.7 Å². The average molecular weight is 278 g/mol. The molecular weight excluding hydrogens is 269 g/mol. The van der Waals surface area contributed by atoms with E-state index in [9.17, 15) is 9.18 Å². The van der Waals surface area contributed by atoms with Crippen LogP contribution >= 0.6 is 35.1 Å². The number of benzene rings is 1. The molecule has 0 N–H and O–H groups in total. The van der Waals surface area contributed by atoms with Gasteiger partial charge >= 0.3 is 0 Å². The Morgan fingerprint density at radius 1 is 1.38 bits per heavy atom. The van der Waals surface area contributed by atoms with Crippen molar-refractivity contribution in [3.05, 3.63) is 34.6 Å². The third kappa shape index (κ3) is 3.50. The second-order valence-corrected chi connectivity index (χ2v) is 4.97. The molecule has 0 bridgehead atoms. The molecule has 6 heteroatoms. The fourth-order valence-electron chi connectivity index (χ4n) is 0.981. The summed E-state index contributed by atoms with van der Waals surface area (Å²) in [7, 11) is 0. The van der Waals surface area contributed by atoms with E-state index in [1.807, 2.05) is 12.5 Å². The maximum atomic E-state index is 12.8. The Morgan fingerprint density at radius 3 is 2.50 bits per heavy atom. The van der Waals surface area contributed by atoms with E-state index in [4.69, 9.17) is 11.6 Å². The van der Waals surface area contributed by atoms with Gasteiger partial charge in [-0.3, -0.25) is 4.79 Å². The molecule has 0 heterocycles. The van der Waals surface area contributed by atoms with Crippen molar-refractivity contribution in [3.63, 3.8) is 0 Å². The Labute approximate surface area is 107 Å². The highest BCUT2D eigenvalue weighted by Gasteiger charge is 2.11. The Kier molecular flexibility index (Phi) is 5.31. The molecule has 0 unspecified atom stereocenters.